The number of aromatic amines is 1. The maximum Gasteiger partial charge on any atom is 0.336 e. The van der Waals surface area contributed by atoms with Crippen molar-refractivity contribution in [1.82, 2.24) is 4.98 Å². The van der Waals surface area contributed by atoms with Gasteiger partial charge in [0.15, 0.2) is 0 Å². The maximum absolute atomic E-state index is 12.2. The Hall–Kier alpha value is -4.82. The van der Waals surface area contributed by atoms with Crippen LogP contribution in [0.4, 0.5) is 0 Å². The topological polar surface area (TPSA) is 86.1 Å². The number of ether oxygens (including phenoxy) is 1. The lowest BCUT2D eigenvalue weighted by molar-refractivity contribution is 0.0697. The van der Waals surface area contributed by atoms with Crippen LogP contribution in [0, 0.1) is 11.3 Å². The SMILES string of the molecule is COc1ccc(-c2ccccc2C(Cc2ccccc2)c2c[nH]c3cc(C#N)ccc23)c(C(=O)O)c1. The maximum atomic E-state index is 12.2. The zero-order valence-electron chi connectivity index (χ0n) is 19.7. The fraction of sp³-hybridized carbons (Fsp3) is 0.0968. The molecule has 2 N–H and O–H groups in total. The van der Waals surface area contributed by atoms with Crippen molar-refractivity contribution >= 4 is 16.9 Å². The van der Waals surface area contributed by atoms with E-state index >= 15 is 0 Å². The van der Waals surface area contributed by atoms with Crippen molar-refractivity contribution in [3.8, 4) is 22.9 Å². The molecule has 0 radical (unpaired) electrons. The lowest BCUT2D eigenvalue weighted by Crippen LogP contribution is -2.08. The fourth-order valence-electron chi connectivity index (χ4n) is 4.85. The third kappa shape index (κ3) is 4.33. The molecule has 4 aromatic carbocycles. The minimum atomic E-state index is -1.01. The second-order valence-corrected chi connectivity index (χ2v) is 8.66. The van der Waals surface area contributed by atoms with E-state index in [9.17, 15) is 15.2 Å². The molecule has 5 rings (SSSR count). The number of hydrogen-bond donors (Lipinski definition) is 2. The van der Waals surface area contributed by atoms with E-state index in [1.54, 1.807) is 12.1 Å². The average Bonchev–Trinajstić information content (AvgIpc) is 3.35. The van der Waals surface area contributed by atoms with Crippen molar-refractivity contribution in [2.45, 2.75) is 12.3 Å². The average molecular weight is 473 g/mol. The van der Waals surface area contributed by atoms with Gasteiger partial charge in [0, 0.05) is 23.0 Å². The van der Waals surface area contributed by atoms with E-state index in [0.717, 1.165) is 34.0 Å². The first-order valence-electron chi connectivity index (χ1n) is 11.6. The van der Waals surface area contributed by atoms with Crippen LogP contribution in [0.3, 0.4) is 0 Å². The molecule has 176 valence electrons. The van der Waals surface area contributed by atoms with Gasteiger partial charge in [-0.1, -0.05) is 60.7 Å². The highest BCUT2D eigenvalue weighted by atomic mass is 16.5. The van der Waals surface area contributed by atoms with Gasteiger partial charge in [-0.05, 0) is 64.6 Å². The summed E-state index contributed by atoms with van der Waals surface area (Å²) in [5.74, 6) is -0.567. The Balaban J connectivity index is 1.72. The van der Waals surface area contributed by atoms with Gasteiger partial charge in [-0.25, -0.2) is 4.79 Å². The van der Waals surface area contributed by atoms with Crippen LogP contribution in [0.1, 0.15) is 38.5 Å². The molecule has 1 unspecified atom stereocenters. The number of methoxy groups -OCH3 is 1. The second kappa shape index (κ2) is 9.81. The number of hydrogen-bond acceptors (Lipinski definition) is 3. The summed E-state index contributed by atoms with van der Waals surface area (Å²) < 4.78 is 5.29. The number of benzene rings is 4. The number of nitrogens with zero attached hydrogens (tertiary/aromatic N) is 1. The van der Waals surface area contributed by atoms with E-state index in [4.69, 9.17) is 4.74 Å². The molecule has 0 spiro atoms. The molecule has 0 aliphatic carbocycles. The first-order valence-corrected chi connectivity index (χ1v) is 11.6. The highest BCUT2D eigenvalue weighted by molar-refractivity contribution is 5.97. The van der Waals surface area contributed by atoms with Crippen LogP contribution in [0.25, 0.3) is 22.0 Å². The molecule has 0 bridgehead atoms. The molecule has 1 atom stereocenters. The van der Waals surface area contributed by atoms with Gasteiger partial charge in [0.05, 0.1) is 24.3 Å². The van der Waals surface area contributed by atoms with Crippen LogP contribution < -0.4 is 4.74 Å². The number of carbonyl (C=O) groups is 1. The van der Waals surface area contributed by atoms with Crippen LogP contribution in [-0.4, -0.2) is 23.2 Å². The quantitative estimate of drug-likeness (QED) is 0.273. The second-order valence-electron chi connectivity index (χ2n) is 8.66. The van der Waals surface area contributed by atoms with E-state index in [1.807, 2.05) is 66.9 Å². The molecule has 0 saturated carbocycles. The standard InChI is InChI=1S/C31H24N2O3/c1-36-22-12-14-25(28(17-22)31(34)35)23-9-5-6-10-24(23)27(15-20-7-3-2-4-8-20)29-19-33-30-16-21(18-32)11-13-26(29)30/h2-14,16-17,19,27,33H,15H2,1H3,(H,34,35). The number of H-pyrrole nitrogens is 1. The molecule has 0 saturated heterocycles. The number of rotatable bonds is 7. The molecule has 5 heteroatoms. The van der Waals surface area contributed by atoms with Crippen LogP contribution in [-0.2, 0) is 6.42 Å². The van der Waals surface area contributed by atoms with Crippen LogP contribution in [0.15, 0.2) is 97.2 Å². The van der Waals surface area contributed by atoms with Crippen LogP contribution >= 0.6 is 0 Å². The van der Waals surface area contributed by atoms with Crippen molar-refractivity contribution in [3.05, 3.63) is 125 Å². The number of aromatic nitrogens is 1. The third-order valence-electron chi connectivity index (χ3n) is 6.58. The minimum Gasteiger partial charge on any atom is -0.497 e. The van der Waals surface area contributed by atoms with E-state index in [2.05, 4.69) is 29.3 Å². The van der Waals surface area contributed by atoms with Crippen molar-refractivity contribution in [2.24, 2.45) is 0 Å². The molecule has 1 aromatic heterocycles. The first kappa shape index (κ1) is 22.9. The Bertz CT molecular complexity index is 1600. The lowest BCUT2D eigenvalue weighted by Gasteiger charge is -2.22. The molecule has 1 heterocycles. The number of nitrogens with one attached hydrogen (secondary N) is 1. The Morgan fingerprint density at radius 2 is 1.72 bits per heavy atom. The molecule has 0 aliphatic rings. The van der Waals surface area contributed by atoms with E-state index in [-0.39, 0.29) is 11.5 Å². The lowest BCUT2D eigenvalue weighted by atomic mass is 9.81. The molecule has 5 aromatic rings. The molecule has 5 nitrogen and oxygen atoms in total. The highest BCUT2D eigenvalue weighted by Crippen LogP contribution is 2.40. The molecule has 0 fully saturated rings. The number of fused-ring (bicyclic) bond motifs is 1. The van der Waals surface area contributed by atoms with Crippen LogP contribution in [0.5, 0.6) is 5.75 Å². The zero-order chi connectivity index (χ0) is 25.1. The van der Waals surface area contributed by atoms with Gasteiger partial charge in [0.25, 0.3) is 0 Å². The molecule has 0 aliphatic heterocycles. The Morgan fingerprint density at radius 1 is 0.944 bits per heavy atom. The summed E-state index contributed by atoms with van der Waals surface area (Å²) in [6, 6.07) is 31.3. The zero-order valence-corrected chi connectivity index (χ0v) is 19.7. The van der Waals surface area contributed by atoms with Gasteiger partial charge in [-0.3, -0.25) is 0 Å². The summed E-state index contributed by atoms with van der Waals surface area (Å²) in [5.41, 5.74) is 6.49. The largest absolute Gasteiger partial charge is 0.497 e. The number of nitriles is 1. The van der Waals surface area contributed by atoms with E-state index < -0.39 is 5.97 Å². The van der Waals surface area contributed by atoms with Crippen molar-refractivity contribution in [1.29, 1.82) is 5.26 Å². The number of carboxylic acid groups (broad SMARTS) is 1. The predicted octanol–water partition coefficient (Wildman–Crippen LogP) is 6.79. The minimum absolute atomic E-state index is 0.0611. The highest BCUT2D eigenvalue weighted by Gasteiger charge is 2.24. The normalized spacial score (nSPS) is 11.7. The number of carboxylic acids is 1. The molecular weight excluding hydrogens is 448 g/mol. The summed E-state index contributed by atoms with van der Waals surface area (Å²) in [6.45, 7) is 0. The Kier molecular flexibility index (Phi) is 6.25. The monoisotopic (exact) mass is 472 g/mol. The van der Waals surface area contributed by atoms with Gasteiger partial charge >= 0.3 is 5.97 Å². The van der Waals surface area contributed by atoms with Crippen molar-refractivity contribution in [3.63, 3.8) is 0 Å². The van der Waals surface area contributed by atoms with Gasteiger partial charge in [0.1, 0.15) is 5.75 Å². The third-order valence-corrected chi connectivity index (χ3v) is 6.58. The van der Waals surface area contributed by atoms with Crippen molar-refractivity contribution < 1.29 is 14.6 Å². The molecule has 36 heavy (non-hydrogen) atoms. The first-order chi connectivity index (χ1) is 17.6. The smallest absolute Gasteiger partial charge is 0.336 e. The summed E-state index contributed by atoms with van der Waals surface area (Å²) in [5, 5.41) is 20.4. The summed E-state index contributed by atoms with van der Waals surface area (Å²) in [7, 11) is 1.53. The van der Waals surface area contributed by atoms with Gasteiger partial charge in [-0.15, -0.1) is 0 Å². The molecule has 0 amide bonds. The van der Waals surface area contributed by atoms with Gasteiger partial charge in [0.2, 0.25) is 0 Å². The Morgan fingerprint density at radius 3 is 2.47 bits per heavy atom. The Labute approximate surface area is 209 Å². The molecular formula is C31H24N2O3. The van der Waals surface area contributed by atoms with Crippen LogP contribution in [0.2, 0.25) is 0 Å². The summed E-state index contributed by atoms with van der Waals surface area (Å²) >= 11 is 0. The van der Waals surface area contributed by atoms with E-state index in [1.165, 1.54) is 12.7 Å². The summed E-state index contributed by atoms with van der Waals surface area (Å²) in [6.07, 6.45) is 2.73. The fourth-order valence-corrected chi connectivity index (χ4v) is 4.85. The number of aromatic carboxylic acids is 1. The summed E-state index contributed by atoms with van der Waals surface area (Å²) in [4.78, 5) is 15.6. The van der Waals surface area contributed by atoms with Gasteiger partial charge in [-0.2, -0.15) is 5.26 Å². The predicted molar refractivity (Wildman–Crippen MR) is 140 cm³/mol. The van der Waals surface area contributed by atoms with E-state index in [0.29, 0.717) is 16.9 Å². The van der Waals surface area contributed by atoms with Gasteiger partial charge < -0.3 is 14.8 Å². The van der Waals surface area contributed by atoms with Crippen molar-refractivity contribution in [2.75, 3.05) is 7.11 Å².